The Labute approximate surface area is 182 Å². The second-order valence-corrected chi connectivity index (χ2v) is 7.86. The van der Waals surface area contributed by atoms with Crippen molar-refractivity contribution < 1.29 is 9.59 Å². The van der Waals surface area contributed by atoms with Gasteiger partial charge in [0.05, 0.1) is 15.8 Å². The molecule has 0 radical (unpaired) electrons. The van der Waals surface area contributed by atoms with Crippen molar-refractivity contribution in [2.24, 2.45) is 0 Å². The molecule has 29 heavy (non-hydrogen) atoms. The number of halogens is 2. The van der Waals surface area contributed by atoms with Gasteiger partial charge in [-0.2, -0.15) is 0 Å². The number of amides is 2. The first-order valence-electron chi connectivity index (χ1n) is 8.94. The summed E-state index contributed by atoms with van der Waals surface area (Å²) in [5.74, 6) is -0.104. The zero-order valence-corrected chi connectivity index (χ0v) is 18.2. The maximum absolute atomic E-state index is 12.3. The lowest BCUT2D eigenvalue weighted by Gasteiger charge is -2.18. The van der Waals surface area contributed by atoms with E-state index in [4.69, 9.17) is 23.2 Å². The molecular formula is C19H19Cl2N5O2S. The minimum atomic E-state index is -0.206. The molecule has 0 atom stereocenters. The third-order valence-corrected chi connectivity index (χ3v) is 5.62. The van der Waals surface area contributed by atoms with Gasteiger partial charge in [0.15, 0.2) is 10.8 Å². The molecule has 2 heterocycles. The van der Waals surface area contributed by atoms with Crippen molar-refractivity contribution in [3.8, 4) is 0 Å². The van der Waals surface area contributed by atoms with Crippen LogP contribution in [0.15, 0.2) is 41.7 Å². The summed E-state index contributed by atoms with van der Waals surface area (Å²) in [7, 11) is 0. The van der Waals surface area contributed by atoms with E-state index in [2.05, 4.69) is 15.5 Å². The number of carbonyl (C=O) groups is 2. The fraction of sp³-hybridized carbons (Fsp3) is 0.263. The molecule has 0 fully saturated rings. The molecule has 0 aliphatic carbocycles. The van der Waals surface area contributed by atoms with E-state index in [1.165, 1.54) is 11.8 Å². The van der Waals surface area contributed by atoms with Crippen LogP contribution in [0.1, 0.15) is 24.2 Å². The van der Waals surface area contributed by atoms with Crippen LogP contribution in [0, 0.1) is 0 Å². The van der Waals surface area contributed by atoms with E-state index in [0.717, 1.165) is 0 Å². The average Bonchev–Trinajstić information content (AvgIpc) is 3.11. The number of nitrogens with one attached hydrogen (secondary N) is 1. The summed E-state index contributed by atoms with van der Waals surface area (Å²) in [6.45, 7) is 5.18. The first kappa shape index (κ1) is 21.4. The summed E-state index contributed by atoms with van der Waals surface area (Å²) in [6, 6.07) is 8.43. The molecule has 10 heteroatoms. The summed E-state index contributed by atoms with van der Waals surface area (Å²) < 4.78 is 1.65. The molecular weight excluding hydrogens is 433 g/mol. The zero-order chi connectivity index (χ0) is 21.0. The molecule has 3 rings (SSSR count). The summed E-state index contributed by atoms with van der Waals surface area (Å²) in [6.07, 6.45) is 1.65. The molecule has 0 bridgehead atoms. The lowest BCUT2D eigenvalue weighted by Crippen LogP contribution is -2.30. The zero-order valence-electron chi connectivity index (χ0n) is 15.9. The van der Waals surface area contributed by atoms with Gasteiger partial charge in [0, 0.05) is 30.5 Å². The van der Waals surface area contributed by atoms with Crippen LogP contribution in [0.4, 0.5) is 5.69 Å². The van der Waals surface area contributed by atoms with Crippen molar-refractivity contribution in [3.05, 3.63) is 52.1 Å². The molecule has 0 saturated heterocycles. The minimum Gasteiger partial charge on any atom is -0.339 e. The Morgan fingerprint density at radius 1 is 1.14 bits per heavy atom. The third-order valence-electron chi connectivity index (χ3n) is 4.19. The molecule has 152 valence electrons. The molecule has 7 nitrogen and oxygen atoms in total. The van der Waals surface area contributed by atoms with Crippen LogP contribution in [-0.4, -0.2) is 50.2 Å². The van der Waals surface area contributed by atoms with Crippen molar-refractivity contribution >= 4 is 58.1 Å². The molecule has 1 aromatic carbocycles. The smallest absolute Gasteiger partial charge is 0.253 e. The highest BCUT2D eigenvalue weighted by molar-refractivity contribution is 7.99. The Kier molecular flexibility index (Phi) is 7.00. The highest BCUT2D eigenvalue weighted by Gasteiger charge is 2.14. The predicted octanol–water partition coefficient (Wildman–Crippen LogP) is 4.25. The van der Waals surface area contributed by atoms with Gasteiger partial charge < -0.3 is 10.2 Å². The van der Waals surface area contributed by atoms with Crippen LogP contribution in [0.5, 0.6) is 0 Å². The highest BCUT2D eigenvalue weighted by atomic mass is 35.5. The van der Waals surface area contributed by atoms with Gasteiger partial charge in [0.2, 0.25) is 5.91 Å². The van der Waals surface area contributed by atoms with Crippen LogP contribution < -0.4 is 5.32 Å². The van der Waals surface area contributed by atoms with Gasteiger partial charge in [-0.05, 0) is 44.2 Å². The number of rotatable bonds is 7. The van der Waals surface area contributed by atoms with Crippen molar-refractivity contribution in [1.29, 1.82) is 0 Å². The molecule has 2 aromatic heterocycles. The number of aromatic nitrogens is 3. The number of benzene rings is 1. The van der Waals surface area contributed by atoms with E-state index in [9.17, 15) is 9.59 Å². The average molecular weight is 452 g/mol. The Bertz CT molecular complexity index is 1040. The molecule has 2 amide bonds. The summed E-state index contributed by atoms with van der Waals surface area (Å²) in [4.78, 5) is 26.4. The van der Waals surface area contributed by atoms with Gasteiger partial charge in [-0.15, -0.1) is 10.2 Å². The molecule has 0 spiro atoms. The SMILES string of the molecule is CCN(CC)C(=O)c1ccc(NC(=O)CSc2nnc3c(Cl)cc(Cl)cn23)cc1. The predicted molar refractivity (Wildman–Crippen MR) is 116 cm³/mol. The highest BCUT2D eigenvalue weighted by Crippen LogP contribution is 2.25. The summed E-state index contributed by atoms with van der Waals surface area (Å²) in [5.41, 5.74) is 1.68. The molecule has 1 N–H and O–H groups in total. The van der Waals surface area contributed by atoms with Gasteiger partial charge in [0.25, 0.3) is 5.91 Å². The van der Waals surface area contributed by atoms with Crippen LogP contribution in [0.3, 0.4) is 0 Å². The largest absolute Gasteiger partial charge is 0.339 e. The van der Waals surface area contributed by atoms with Crippen LogP contribution in [0.25, 0.3) is 5.65 Å². The number of anilines is 1. The molecule has 0 aliphatic rings. The van der Waals surface area contributed by atoms with Gasteiger partial charge in [-0.1, -0.05) is 35.0 Å². The molecule has 0 unspecified atom stereocenters. The lowest BCUT2D eigenvalue weighted by molar-refractivity contribution is -0.113. The van der Waals surface area contributed by atoms with Crippen LogP contribution >= 0.6 is 35.0 Å². The van der Waals surface area contributed by atoms with Gasteiger partial charge in [-0.25, -0.2) is 0 Å². The third kappa shape index (κ3) is 5.01. The number of carbonyl (C=O) groups excluding carboxylic acids is 2. The van der Waals surface area contributed by atoms with E-state index < -0.39 is 0 Å². The Balaban J connectivity index is 1.61. The molecule has 3 aromatic rings. The van der Waals surface area contributed by atoms with E-state index in [0.29, 0.717) is 45.2 Å². The Hall–Kier alpha value is -2.29. The Morgan fingerprint density at radius 2 is 1.83 bits per heavy atom. The first-order valence-corrected chi connectivity index (χ1v) is 10.7. The van der Waals surface area contributed by atoms with E-state index in [1.54, 1.807) is 45.8 Å². The number of fused-ring (bicyclic) bond motifs is 1. The fourth-order valence-corrected chi connectivity index (χ4v) is 3.94. The standard InChI is InChI=1S/C19H19Cl2N5O2S/c1-3-25(4-2)18(28)12-5-7-14(8-6-12)22-16(27)11-29-19-24-23-17-15(21)9-13(20)10-26(17)19/h5-10H,3-4,11H2,1-2H3,(H,22,27). The second kappa shape index (κ2) is 9.47. The fourth-order valence-electron chi connectivity index (χ4n) is 2.72. The topological polar surface area (TPSA) is 79.6 Å². The second-order valence-electron chi connectivity index (χ2n) is 6.07. The van der Waals surface area contributed by atoms with Crippen molar-refractivity contribution in [2.45, 2.75) is 19.0 Å². The van der Waals surface area contributed by atoms with Gasteiger partial charge in [0.1, 0.15) is 0 Å². The van der Waals surface area contributed by atoms with E-state index >= 15 is 0 Å². The maximum atomic E-state index is 12.3. The summed E-state index contributed by atoms with van der Waals surface area (Å²) in [5, 5.41) is 12.2. The first-order chi connectivity index (χ1) is 13.9. The monoisotopic (exact) mass is 451 g/mol. The van der Waals surface area contributed by atoms with Crippen molar-refractivity contribution in [3.63, 3.8) is 0 Å². The molecule has 0 saturated carbocycles. The van der Waals surface area contributed by atoms with Gasteiger partial charge in [-0.3, -0.25) is 14.0 Å². The van der Waals surface area contributed by atoms with E-state index in [1.807, 2.05) is 13.8 Å². The number of nitrogens with zero attached hydrogens (tertiary/aromatic N) is 4. The maximum Gasteiger partial charge on any atom is 0.253 e. The van der Waals surface area contributed by atoms with Gasteiger partial charge >= 0.3 is 0 Å². The number of thioether (sulfide) groups is 1. The summed E-state index contributed by atoms with van der Waals surface area (Å²) >= 11 is 13.3. The van der Waals surface area contributed by atoms with Crippen LogP contribution in [0.2, 0.25) is 10.0 Å². The van der Waals surface area contributed by atoms with Crippen molar-refractivity contribution in [1.82, 2.24) is 19.5 Å². The minimum absolute atomic E-state index is 0.0283. The number of hydrogen-bond acceptors (Lipinski definition) is 5. The number of pyridine rings is 1. The lowest BCUT2D eigenvalue weighted by atomic mass is 10.2. The normalized spacial score (nSPS) is 10.9. The van der Waals surface area contributed by atoms with E-state index in [-0.39, 0.29) is 17.6 Å². The quantitative estimate of drug-likeness (QED) is 0.543. The van der Waals surface area contributed by atoms with Crippen LogP contribution in [-0.2, 0) is 4.79 Å². The Morgan fingerprint density at radius 3 is 2.48 bits per heavy atom. The van der Waals surface area contributed by atoms with Crippen molar-refractivity contribution in [2.75, 3.05) is 24.2 Å². The molecule has 0 aliphatic heterocycles. The number of hydrogen-bond donors (Lipinski definition) is 1.